The van der Waals surface area contributed by atoms with Crippen LogP contribution in [0.15, 0.2) is 55.1 Å². The number of esters is 1. The van der Waals surface area contributed by atoms with Crippen LogP contribution in [0.1, 0.15) is 114 Å². The van der Waals surface area contributed by atoms with Crippen LogP contribution in [0.3, 0.4) is 0 Å². The molecule has 0 spiro atoms. The predicted octanol–water partition coefficient (Wildman–Crippen LogP) is 10.2. The first-order valence-electron chi connectivity index (χ1n) is 16.2. The highest BCUT2D eigenvalue weighted by Crippen LogP contribution is 2.45. The zero-order chi connectivity index (χ0) is 28.2. The lowest BCUT2D eigenvalue weighted by atomic mass is 9.68. The molecule has 2 aromatic rings. The van der Waals surface area contributed by atoms with Gasteiger partial charge in [0.15, 0.2) is 0 Å². The van der Waals surface area contributed by atoms with Gasteiger partial charge in [0.25, 0.3) is 0 Å². The molecule has 3 heteroatoms. The van der Waals surface area contributed by atoms with Gasteiger partial charge in [-0.05, 0) is 129 Å². The summed E-state index contributed by atoms with van der Waals surface area (Å²) in [6.07, 6.45) is 19.6. The van der Waals surface area contributed by atoms with Crippen LogP contribution in [0.2, 0.25) is 0 Å². The maximum atomic E-state index is 11.0. The van der Waals surface area contributed by atoms with E-state index in [1.807, 2.05) is 0 Å². The van der Waals surface area contributed by atoms with Gasteiger partial charge in [0.2, 0.25) is 0 Å². The molecule has 40 heavy (non-hydrogen) atoms. The topological polar surface area (TPSA) is 35.5 Å². The third kappa shape index (κ3) is 8.98. The number of carbonyl (C=O) groups is 1. The van der Waals surface area contributed by atoms with Gasteiger partial charge in [-0.25, -0.2) is 4.79 Å². The SMILES string of the molecule is C=CC(=O)OCCCCCCOc1ccc(-c2ccc(C3CCC(C4CCC(CCC)CC4)CC3)cc2C)cc1. The molecule has 4 rings (SSSR count). The van der Waals surface area contributed by atoms with Gasteiger partial charge in [0.05, 0.1) is 13.2 Å². The zero-order valence-corrected chi connectivity index (χ0v) is 25.2. The highest BCUT2D eigenvalue weighted by Gasteiger charge is 2.31. The van der Waals surface area contributed by atoms with Crippen molar-refractivity contribution in [2.24, 2.45) is 17.8 Å². The Morgan fingerprint density at radius 1 is 0.850 bits per heavy atom. The van der Waals surface area contributed by atoms with E-state index in [9.17, 15) is 4.79 Å². The molecule has 0 unspecified atom stereocenters. The van der Waals surface area contributed by atoms with E-state index >= 15 is 0 Å². The number of benzene rings is 2. The van der Waals surface area contributed by atoms with Crippen LogP contribution in [-0.2, 0) is 9.53 Å². The molecule has 2 aliphatic rings. The predicted molar refractivity (Wildman–Crippen MR) is 167 cm³/mol. The molecule has 3 nitrogen and oxygen atoms in total. The van der Waals surface area contributed by atoms with Crippen LogP contribution in [0.5, 0.6) is 5.75 Å². The van der Waals surface area contributed by atoms with E-state index in [1.54, 1.807) is 5.56 Å². The number of carbonyl (C=O) groups excluding carboxylic acids is 1. The van der Waals surface area contributed by atoms with E-state index in [0.717, 1.165) is 55.1 Å². The number of hydrogen-bond donors (Lipinski definition) is 0. The fourth-order valence-corrected chi connectivity index (χ4v) is 7.26. The van der Waals surface area contributed by atoms with Crippen LogP contribution in [0.4, 0.5) is 0 Å². The van der Waals surface area contributed by atoms with Crippen molar-refractivity contribution in [1.82, 2.24) is 0 Å². The molecular weight excluding hydrogens is 492 g/mol. The smallest absolute Gasteiger partial charge is 0.330 e. The van der Waals surface area contributed by atoms with E-state index in [0.29, 0.717) is 13.2 Å². The molecule has 0 radical (unpaired) electrons. The summed E-state index contributed by atoms with van der Waals surface area (Å²) in [5, 5.41) is 0. The molecule has 2 saturated carbocycles. The van der Waals surface area contributed by atoms with Gasteiger partial charge in [0.1, 0.15) is 5.75 Å². The lowest BCUT2D eigenvalue weighted by Crippen LogP contribution is -2.25. The van der Waals surface area contributed by atoms with Crippen molar-refractivity contribution < 1.29 is 14.3 Å². The Kier molecular flexibility index (Phi) is 12.2. The Hall–Kier alpha value is -2.55. The minimum Gasteiger partial charge on any atom is -0.494 e. The molecule has 0 bridgehead atoms. The van der Waals surface area contributed by atoms with Crippen LogP contribution in [0, 0.1) is 24.7 Å². The summed E-state index contributed by atoms with van der Waals surface area (Å²) >= 11 is 0. The van der Waals surface area contributed by atoms with Crippen molar-refractivity contribution >= 4 is 5.97 Å². The van der Waals surface area contributed by atoms with E-state index in [2.05, 4.69) is 62.9 Å². The van der Waals surface area contributed by atoms with Gasteiger partial charge >= 0.3 is 5.97 Å². The summed E-state index contributed by atoms with van der Waals surface area (Å²) in [6, 6.07) is 15.7. The maximum absolute atomic E-state index is 11.0. The molecule has 0 atom stereocenters. The second-order valence-electron chi connectivity index (χ2n) is 12.4. The van der Waals surface area contributed by atoms with Crippen molar-refractivity contribution in [2.75, 3.05) is 13.2 Å². The second kappa shape index (κ2) is 16.0. The minimum atomic E-state index is -0.342. The van der Waals surface area contributed by atoms with E-state index in [-0.39, 0.29) is 5.97 Å². The summed E-state index contributed by atoms with van der Waals surface area (Å²) in [5.74, 6) is 4.32. The number of unbranched alkanes of at least 4 members (excludes halogenated alkanes) is 3. The van der Waals surface area contributed by atoms with Gasteiger partial charge in [-0.2, -0.15) is 0 Å². The van der Waals surface area contributed by atoms with Crippen molar-refractivity contribution in [3.05, 3.63) is 66.2 Å². The Labute approximate surface area is 243 Å². The van der Waals surface area contributed by atoms with Gasteiger partial charge in [0, 0.05) is 6.08 Å². The first-order chi connectivity index (χ1) is 19.6. The van der Waals surface area contributed by atoms with E-state index < -0.39 is 0 Å². The van der Waals surface area contributed by atoms with Gasteiger partial charge in [-0.3, -0.25) is 0 Å². The molecule has 0 heterocycles. The van der Waals surface area contributed by atoms with Crippen LogP contribution in [-0.4, -0.2) is 19.2 Å². The van der Waals surface area contributed by atoms with Crippen LogP contribution in [0.25, 0.3) is 11.1 Å². The van der Waals surface area contributed by atoms with Crippen molar-refractivity contribution in [3.63, 3.8) is 0 Å². The third-order valence-corrected chi connectivity index (χ3v) is 9.63. The first kappa shape index (κ1) is 30.4. The molecule has 0 N–H and O–H groups in total. The van der Waals surface area contributed by atoms with E-state index in [1.165, 1.54) is 87.0 Å². The molecule has 2 aliphatic carbocycles. The standard InChI is InChI=1S/C37H52O3/c1-4-10-29-11-13-30(14-12-29)31-15-17-32(18-16-31)34-21-24-36(28(3)27-34)33-19-22-35(23-20-33)39-25-8-6-7-9-26-40-37(38)5-2/h5,19-24,27,29-32H,2,4,6-18,25-26H2,1,3H3. The Morgan fingerprint density at radius 3 is 2.12 bits per heavy atom. The second-order valence-corrected chi connectivity index (χ2v) is 12.4. The van der Waals surface area contributed by atoms with Gasteiger partial charge < -0.3 is 9.47 Å². The van der Waals surface area contributed by atoms with Crippen LogP contribution >= 0.6 is 0 Å². The van der Waals surface area contributed by atoms with Crippen LogP contribution < -0.4 is 4.74 Å². The highest BCUT2D eigenvalue weighted by molar-refractivity contribution is 5.81. The molecule has 2 aromatic carbocycles. The number of hydrogen-bond acceptors (Lipinski definition) is 3. The Morgan fingerprint density at radius 2 is 1.50 bits per heavy atom. The van der Waals surface area contributed by atoms with Gasteiger partial charge in [-0.1, -0.05) is 69.5 Å². The first-order valence-corrected chi connectivity index (χ1v) is 16.2. The minimum absolute atomic E-state index is 0.342. The summed E-state index contributed by atoms with van der Waals surface area (Å²) in [4.78, 5) is 11.0. The quantitative estimate of drug-likeness (QED) is 0.135. The molecule has 0 aromatic heterocycles. The zero-order valence-electron chi connectivity index (χ0n) is 25.2. The maximum Gasteiger partial charge on any atom is 0.330 e. The summed E-state index contributed by atoms with van der Waals surface area (Å²) in [6.45, 7) is 9.19. The lowest BCUT2D eigenvalue weighted by molar-refractivity contribution is -0.137. The number of ether oxygens (including phenoxy) is 2. The molecule has 0 saturated heterocycles. The van der Waals surface area contributed by atoms with Crippen molar-refractivity contribution in [1.29, 1.82) is 0 Å². The molecule has 0 amide bonds. The number of rotatable bonds is 14. The summed E-state index contributed by atoms with van der Waals surface area (Å²) < 4.78 is 11.0. The molecule has 218 valence electrons. The largest absolute Gasteiger partial charge is 0.494 e. The third-order valence-electron chi connectivity index (χ3n) is 9.63. The van der Waals surface area contributed by atoms with E-state index in [4.69, 9.17) is 9.47 Å². The highest BCUT2D eigenvalue weighted by atomic mass is 16.5. The average molecular weight is 545 g/mol. The fraction of sp³-hybridized carbons (Fsp3) is 0.595. The summed E-state index contributed by atoms with van der Waals surface area (Å²) in [7, 11) is 0. The van der Waals surface area contributed by atoms with Crippen molar-refractivity contribution in [3.8, 4) is 16.9 Å². The lowest BCUT2D eigenvalue weighted by Gasteiger charge is -2.38. The average Bonchev–Trinajstić information content (AvgIpc) is 2.99. The Balaban J connectivity index is 1.18. The molecule has 2 fully saturated rings. The monoisotopic (exact) mass is 544 g/mol. The fourth-order valence-electron chi connectivity index (χ4n) is 7.26. The normalized spacial score (nSPS) is 22.9. The molecular formula is C37H52O3. The summed E-state index contributed by atoms with van der Waals surface area (Å²) in [5.41, 5.74) is 5.50. The number of aryl methyl sites for hydroxylation is 1. The van der Waals surface area contributed by atoms with Gasteiger partial charge in [-0.15, -0.1) is 0 Å². The molecule has 0 aliphatic heterocycles. The van der Waals surface area contributed by atoms with Crippen molar-refractivity contribution in [2.45, 2.75) is 110 Å². The Bertz CT molecular complexity index is 1040.